The van der Waals surface area contributed by atoms with E-state index in [9.17, 15) is 0 Å². The largest absolute Gasteiger partial charge is 0.377 e. The van der Waals surface area contributed by atoms with Crippen molar-refractivity contribution < 1.29 is 4.74 Å². The fraction of sp³-hybridized carbons (Fsp3) is 0.385. The Kier molecular flexibility index (Phi) is 2.72. The normalized spacial score (nSPS) is 19.4. The van der Waals surface area contributed by atoms with Gasteiger partial charge < -0.3 is 10.1 Å². The van der Waals surface area contributed by atoms with Gasteiger partial charge in [-0.2, -0.15) is 0 Å². The minimum absolute atomic E-state index is 0.709. The van der Waals surface area contributed by atoms with Gasteiger partial charge in [0.25, 0.3) is 0 Å². The van der Waals surface area contributed by atoms with Crippen LogP contribution in [0.5, 0.6) is 0 Å². The van der Waals surface area contributed by atoms with Crippen LogP contribution in [-0.2, 0) is 17.8 Å². The molecule has 16 heavy (non-hydrogen) atoms. The molecule has 2 aliphatic rings. The average molecular weight is 236 g/mol. The first kappa shape index (κ1) is 10.3. The van der Waals surface area contributed by atoms with E-state index in [1.807, 2.05) is 0 Å². The first-order chi connectivity index (χ1) is 7.84. The number of benzene rings is 1. The average Bonchev–Trinajstić information content (AvgIpc) is 2.76. The summed E-state index contributed by atoms with van der Waals surface area (Å²) in [4.78, 5) is 0. The molecule has 2 nitrogen and oxygen atoms in total. The van der Waals surface area contributed by atoms with Crippen molar-refractivity contribution in [3.8, 4) is 0 Å². The number of rotatable bonds is 1. The summed E-state index contributed by atoms with van der Waals surface area (Å²) in [6, 6.07) is 4.33. The highest BCUT2D eigenvalue weighted by molar-refractivity contribution is 6.32. The molecule has 0 saturated carbocycles. The van der Waals surface area contributed by atoms with Crippen molar-refractivity contribution in [2.75, 3.05) is 13.2 Å². The number of hydrogen-bond donors (Lipinski definition) is 1. The van der Waals surface area contributed by atoms with E-state index in [1.165, 1.54) is 22.3 Å². The van der Waals surface area contributed by atoms with Crippen molar-refractivity contribution in [2.45, 2.75) is 19.5 Å². The molecule has 0 atom stereocenters. The van der Waals surface area contributed by atoms with Crippen LogP contribution in [0.4, 0.5) is 0 Å². The molecule has 0 saturated heterocycles. The summed E-state index contributed by atoms with van der Waals surface area (Å²) in [6.45, 7) is 3.42. The molecule has 2 heterocycles. The highest BCUT2D eigenvalue weighted by Gasteiger charge is 2.16. The predicted octanol–water partition coefficient (Wildman–Crippen LogP) is 2.75. The molecule has 0 amide bonds. The van der Waals surface area contributed by atoms with Crippen LogP contribution < -0.4 is 5.32 Å². The van der Waals surface area contributed by atoms with E-state index < -0.39 is 0 Å². The van der Waals surface area contributed by atoms with E-state index in [2.05, 4.69) is 23.5 Å². The molecule has 1 aromatic rings. The number of fused-ring (bicyclic) bond motifs is 1. The van der Waals surface area contributed by atoms with Crippen LogP contribution in [0, 0.1) is 0 Å². The maximum Gasteiger partial charge on any atom is 0.0653 e. The minimum atomic E-state index is 0.709. The van der Waals surface area contributed by atoms with Gasteiger partial charge in [-0.1, -0.05) is 17.7 Å². The zero-order chi connectivity index (χ0) is 11.0. The van der Waals surface area contributed by atoms with E-state index in [0.717, 1.165) is 31.1 Å². The van der Waals surface area contributed by atoms with Gasteiger partial charge in [0.15, 0.2) is 0 Å². The standard InChI is InChI=1S/C13H14ClNO/c14-13-6-11-8-15-7-10(11)5-12(13)9-1-3-16-4-2-9/h1,5-6,15H,2-4,7-8H2. The second kappa shape index (κ2) is 4.21. The van der Waals surface area contributed by atoms with Gasteiger partial charge in [-0.05, 0) is 40.8 Å². The summed E-state index contributed by atoms with van der Waals surface area (Å²) < 4.78 is 5.32. The van der Waals surface area contributed by atoms with Gasteiger partial charge in [-0.15, -0.1) is 0 Å². The molecule has 0 bridgehead atoms. The van der Waals surface area contributed by atoms with Crippen LogP contribution in [0.2, 0.25) is 5.02 Å². The van der Waals surface area contributed by atoms with Crippen molar-refractivity contribution in [2.24, 2.45) is 0 Å². The number of halogens is 1. The van der Waals surface area contributed by atoms with Crippen molar-refractivity contribution >= 4 is 17.2 Å². The van der Waals surface area contributed by atoms with Crippen LogP contribution in [0.25, 0.3) is 5.57 Å². The molecule has 3 heteroatoms. The van der Waals surface area contributed by atoms with Gasteiger partial charge in [0.05, 0.1) is 13.2 Å². The Morgan fingerprint density at radius 2 is 2.00 bits per heavy atom. The highest BCUT2D eigenvalue weighted by Crippen LogP contribution is 2.32. The molecule has 1 aromatic carbocycles. The maximum absolute atomic E-state index is 6.33. The Bertz CT molecular complexity index is 453. The van der Waals surface area contributed by atoms with Gasteiger partial charge in [0.1, 0.15) is 0 Å². The molecule has 0 aromatic heterocycles. The minimum Gasteiger partial charge on any atom is -0.377 e. The zero-order valence-corrected chi connectivity index (χ0v) is 9.81. The Morgan fingerprint density at radius 3 is 2.75 bits per heavy atom. The topological polar surface area (TPSA) is 21.3 Å². The monoisotopic (exact) mass is 235 g/mol. The molecule has 0 aliphatic carbocycles. The molecule has 0 fully saturated rings. The Morgan fingerprint density at radius 1 is 1.19 bits per heavy atom. The summed E-state index contributed by atoms with van der Waals surface area (Å²) in [7, 11) is 0. The number of ether oxygens (including phenoxy) is 1. The van der Waals surface area contributed by atoms with Gasteiger partial charge >= 0.3 is 0 Å². The molecular weight excluding hydrogens is 222 g/mol. The van der Waals surface area contributed by atoms with Crippen molar-refractivity contribution in [3.05, 3.63) is 39.9 Å². The van der Waals surface area contributed by atoms with Gasteiger partial charge in [-0.3, -0.25) is 0 Å². The van der Waals surface area contributed by atoms with E-state index in [-0.39, 0.29) is 0 Å². The lowest BCUT2D eigenvalue weighted by atomic mass is 9.97. The summed E-state index contributed by atoms with van der Waals surface area (Å²) >= 11 is 6.33. The molecule has 3 rings (SSSR count). The van der Waals surface area contributed by atoms with Crippen molar-refractivity contribution in [1.82, 2.24) is 5.32 Å². The molecule has 2 aliphatic heterocycles. The van der Waals surface area contributed by atoms with Gasteiger partial charge in [-0.25, -0.2) is 0 Å². The van der Waals surface area contributed by atoms with Gasteiger partial charge in [0.2, 0.25) is 0 Å². The first-order valence-corrected chi connectivity index (χ1v) is 6.01. The van der Waals surface area contributed by atoms with Crippen LogP contribution in [0.3, 0.4) is 0 Å². The fourth-order valence-corrected chi connectivity index (χ4v) is 2.65. The van der Waals surface area contributed by atoms with Crippen molar-refractivity contribution in [3.63, 3.8) is 0 Å². The predicted molar refractivity (Wildman–Crippen MR) is 65.4 cm³/mol. The van der Waals surface area contributed by atoms with Crippen LogP contribution in [0.15, 0.2) is 18.2 Å². The molecule has 0 spiro atoms. The number of hydrogen-bond acceptors (Lipinski definition) is 2. The Labute approximate surface area is 100 Å². The fourth-order valence-electron chi connectivity index (χ4n) is 2.34. The zero-order valence-electron chi connectivity index (χ0n) is 9.05. The third-order valence-electron chi connectivity index (χ3n) is 3.23. The van der Waals surface area contributed by atoms with E-state index >= 15 is 0 Å². The third kappa shape index (κ3) is 1.77. The van der Waals surface area contributed by atoms with Gasteiger partial charge in [0, 0.05) is 18.1 Å². The maximum atomic E-state index is 6.33. The molecule has 0 radical (unpaired) electrons. The highest BCUT2D eigenvalue weighted by atomic mass is 35.5. The second-order valence-electron chi connectivity index (χ2n) is 4.26. The van der Waals surface area contributed by atoms with Crippen LogP contribution in [0.1, 0.15) is 23.1 Å². The quantitative estimate of drug-likeness (QED) is 0.808. The molecule has 0 unspecified atom stereocenters. The third-order valence-corrected chi connectivity index (χ3v) is 3.54. The lowest BCUT2D eigenvalue weighted by molar-refractivity contribution is 0.161. The SMILES string of the molecule is Clc1cc2c(cc1C1=CCOCC1)CNC2. The van der Waals surface area contributed by atoms with E-state index in [4.69, 9.17) is 16.3 Å². The lowest BCUT2D eigenvalue weighted by Crippen LogP contribution is -2.04. The van der Waals surface area contributed by atoms with E-state index in [0.29, 0.717) is 6.61 Å². The van der Waals surface area contributed by atoms with Crippen LogP contribution >= 0.6 is 11.6 Å². The Balaban J connectivity index is 2.03. The first-order valence-electron chi connectivity index (χ1n) is 5.64. The van der Waals surface area contributed by atoms with Crippen LogP contribution in [-0.4, -0.2) is 13.2 Å². The smallest absolute Gasteiger partial charge is 0.0653 e. The van der Waals surface area contributed by atoms with Crippen molar-refractivity contribution in [1.29, 1.82) is 0 Å². The molecule has 84 valence electrons. The summed E-state index contributed by atoms with van der Waals surface area (Å²) in [6.07, 6.45) is 3.10. The lowest BCUT2D eigenvalue weighted by Gasteiger charge is -2.16. The molecule has 1 N–H and O–H groups in total. The molecular formula is C13H14ClNO. The number of nitrogens with one attached hydrogen (secondary N) is 1. The Hall–Kier alpha value is -0.830. The second-order valence-corrected chi connectivity index (χ2v) is 4.67. The summed E-state index contributed by atoms with van der Waals surface area (Å²) in [5.41, 5.74) is 5.23. The summed E-state index contributed by atoms with van der Waals surface area (Å²) in [5.74, 6) is 0. The van der Waals surface area contributed by atoms with E-state index in [1.54, 1.807) is 0 Å². The summed E-state index contributed by atoms with van der Waals surface area (Å²) in [5, 5.41) is 4.21.